The summed E-state index contributed by atoms with van der Waals surface area (Å²) in [7, 11) is -2.43. The van der Waals surface area contributed by atoms with Crippen molar-refractivity contribution in [3.63, 3.8) is 0 Å². The van der Waals surface area contributed by atoms with Crippen molar-refractivity contribution in [2.45, 2.75) is 5.25 Å². The first-order valence-electron chi connectivity index (χ1n) is 3.14. The van der Waals surface area contributed by atoms with Gasteiger partial charge in [-0.25, -0.2) is 4.79 Å². The predicted molar refractivity (Wildman–Crippen MR) is 45.6 cm³/mol. The van der Waals surface area contributed by atoms with Gasteiger partial charge in [0.15, 0.2) is 5.25 Å². The molecule has 0 fully saturated rings. The van der Waals surface area contributed by atoms with Crippen LogP contribution < -0.4 is 0 Å². The molecule has 0 amide bonds. The summed E-state index contributed by atoms with van der Waals surface area (Å²) in [4.78, 5) is 31.9. The monoisotopic (exact) mass is 210 g/mol. The van der Waals surface area contributed by atoms with Gasteiger partial charge < -0.3 is 9.53 Å². The summed E-state index contributed by atoms with van der Waals surface area (Å²) in [5.41, 5.74) is 0. The largest absolute Gasteiger partial charge is 0.463 e. The van der Waals surface area contributed by atoms with Crippen molar-refractivity contribution in [2.75, 3.05) is 13.4 Å². The molecule has 0 aromatic rings. The van der Waals surface area contributed by atoms with Gasteiger partial charge in [0.25, 0.3) is 5.78 Å². The molecule has 0 aliphatic rings. The Morgan fingerprint density at radius 1 is 1.46 bits per heavy atom. The zero-order valence-electron chi connectivity index (χ0n) is 7.09. The molecular weight excluding hydrogens is 200 g/mol. The zero-order valence-corrected chi connectivity index (χ0v) is 7.91. The Morgan fingerprint density at radius 2 is 1.92 bits per heavy atom. The van der Waals surface area contributed by atoms with Crippen LogP contribution >= 0.6 is 10.6 Å². The molecule has 0 bridgehead atoms. The average Bonchev–Trinajstić information content (AvgIpc) is 2.01. The summed E-state index contributed by atoms with van der Waals surface area (Å²) in [5, 5.41) is -1.74. The molecule has 0 heterocycles. The number of aldehydes is 1. The van der Waals surface area contributed by atoms with Crippen molar-refractivity contribution in [1.82, 2.24) is 0 Å². The molecule has 0 aliphatic heterocycles. The van der Waals surface area contributed by atoms with E-state index in [1.807, 2.05) is 0 Å². The zero-order chi connectivity index (χ0) is 10.6. The van der Waals surface area contributed by atoms with Gasteiger partial charge >= 0.3 is 5.97 Å². The second-order valence-electron chi connectivity index (χ2n) is 2.31. The van der Waals surface area contributed by atoms with Gasteiger partial charge in [-0.1, -0.05) is 0 Å². The van der Waals surface area contributed by atoms with E-state index in [1.54, 1.807) is 0 Å². The van der Waals surface area contributed by atoms with Crippen LogP contribution in [0.4, 0.5) is 0 Å². The minimum atomic E-state index is -3.39. The Hall–Kier alpha value is -0.920. The van der Waals surface area contributed by atoms with Crippen molar-refractivity contribution in [3.8, 4) is 0 Å². The molecule has 1 unspecified atom stereocenters. The third-order valence-corrected chi connectivity index (χ3v) is 2.54. The number of methoxy groups -OCH3 is 1. The standard InChI is InChI=1S/C6H10O6S/c1-12-6(9)5(8)4(3-7)13(2,10)11/h3-4,10-11H,1-2H3. The Labute approximate surface area is 76.2 Å². The maximum absolute atomic E-state index is 10.9. The van der Waals surface area contributed by atoms with Crippen LogP contribution in [0.2, 0.25) is 0 Å². The molecule has 0 rings (SSSR count). The Kier molecular flexibility index (Phi) is 4.05. The fourth-order valence-corrected chi connectivity index (χ4v) is 1.30. The number of carbonyl (C=O) groups is 3. The first-order chi connectivity index (χ1) is 5.84. The van der Waals surface area contributed by atoms with Gasteiger partial charge in [0.05, 0.1) is 7.11 Å². The van der Waals surface area contributed by atoms with E-state index in [2.05, 4.69) is 4.74 Å². The highest BCUT2D eigenvalue weighted by molar-refractivity contribution is 8.25. The maximum atomic E-state index is 10.9. The molecule has 0 saturated carbocycles. The van der Waals surface area contributed by atoms with E-state index < -0.39 is 27.6 Å². The highest BCUT2D eigenvalue weighted by atomic mass is 32.3. The Balaban J connectivity index is 4.71. The lowest BCUT2D eigenvalue weighted by Gasteiger charge is -2.30. The van der Waals surface area contributed by atoms with Crippen LogP contribution in [0.1, 0.15) is 0 Å². The minimum absolute atomic E-state index is 0.0224. The van der Waals surface area contributed by atoms with E-state index in [1.165, 1.54) is 0 Å². The molecule has 0 saturated heterocycles. The number of hydrogen-bond acceptors (Lipinski definition) is 6. The number of carbonyl (C=O) groups excluding carboxylic acids is 3. The third kappa shape index (κ3) is 3.13. The van der Waals surface area contributed by atoms with E-state index in [0.717, 1.165) is 13.4 Å². The molecule has 0 aliphatic carbocycles. The first kappa shape index (κ1) is 12.1. The smallest absolute Gasteiger partial charge is 0.376 e. The van der Waals surface area contributed by atoms with Gasteiger partial charge in [0.1, 0.15) is 6.29 Å². The van der Waals surface area contributed by atoms with Crippen LogP contribution in [0.15, 0.2) is 0 Å². The summed E-state index contributed by atoms with van der Waals surface area (Å²) >= 11 is 0. The quantitative estimate of drug-likeness (QED) is 0.285. The first-order valence-corrected chi connectivity index (χ1v) is 5.16. The molecule has 2 N–H and O–H groups in total. The fraction of sp³-hybridized carbons (Fsp3) is 0.500. The predicted octanol–water partition coefficient (Wildman–Crippen LogP) is -0.324. The van der Waals surface area contributed by atoms with Crippen LogP contribution in [-0.4, -0.2) is 45.8 Å². The van der Waals surface area contributed by atoms with Crippen molar-refractivity contribution >= 4 is 28.6 Å². The summed E-state index contributed by atoms with van der Waals surface area (Å²) in [6.07, 6.45) is 0.932. The summed E-state index contributed by atoms with van der Waals surface area (Å²) < 4.78 is 22.0. The number of ketones is 1. The van der Waals surface area contributed by atoms with Crippen molar-refractivity contribution in [1.29, 1.82) is 0 Å². The van der Waals surface area contributed by atoms with Gasteiger partial charge in [-0.15, -0.1) is 0 Å². The number of rotatable bonds is 4. The fourth-order valence-electron chi connectivity index (χ4n) is 0.587. The van der Waals surface area contributed by atoms with Crippen LogP contribution in [0.25, 0.3) is 0 Å². The average molecular weight is 210 g/mol. The molecular formula is C6H10O6S. The van der Waals surface area contributed by atoms with Crippen LogP contribution in [0.5, 0.6) is 0 Å². The lowest BCUT2D eigenvalue weighted by molar-refractivity contribution is -0.151. The molecule has 0 aromatic heterocycles. The Bertz CT molecular complexity index is 230. The summed E-state index contributed by atoms with van der Waals surface area (Å²) in [6, 6.07) is 0. The highest BCUT2D eigenvalue weighted by Crippen LogP contribution is 2.39. The van der Waals surface area contributed by atoms with Crippen LogP contribution in [-0.2, 0) is 19.1 Å². The number of hydrogen-bond donors (Lipinski definition) is 2. The second-order valence-corrected chi connectivity index (χ2v) is 4.60. The van der Waals surface area contributed by atoms with E-state index in [4.69, 9.17) is 9.11 Å². The van der Waals surface area contributed by atoms with Gasteiger partial charge in [-0.05, 0) is 0 Å². The Morgan fingerprint density at radius 3 is 2.15 bits per heavy atom. The van der Waals surface area contributed by atoms with Crippen molar-refractivity contribution in [2.24, 2.45) is 0 Å². The van der Waals surface area contributed by atoms with Gasteiger partial charge in [0, 0.05) is 6.26 Å². The normalized spacial score (nSPS) is 14.5. The number of ether oxygens (including phenoxy) is 1. The lowest BCUT2D eigenvalue weighted by atomic mass is 10.3. The molecule has 13 heavy (non-hydrogen) atoms. The van der Waals surface area contributed by atoms with Crippen LogP contribution in [0, 0.1) is 0 Å². The highest BCUT2D eigenvalue weighted by Gasteiger charge is 2.34. The third-order valence-electron chi connectivity index (χ3n) is 1.25. The van der Waals surface area contributed by atoms with E-state index in [-0.39, 0.29) is 6.29 Å². The van der Waals surface area contributed by atoms with Crippen molar-refractivity contribution in [3.05, 3.63) is 0 Å². The molecule has 6 nitrogen and oxygen atoms in total. The van der Waals surface area contributed by atoms with Gasteiger partial charge in [-0.3, -0.25) is 13.9 Å². The van der Waals surface area contributed by atoms with Gasteiger partial charge in [0.2, 0.25) is 0 Å². The molecule has 76 valence electrons. The topological polar surface area (TPSA) is 101 Å². The minimum Gasteiger partial charge on any atom is -0.463 e. The second kappa shape index (κ2) is 4.35. The van der Waals surface area contributed by atoms with Gasteiger partial charge in [-0.2, -0.15) is 10.6 Å². The molecule has 0 aromatic carbocycles. The molecule has 0 spiro atoms. The van der Waals surface area contributed by atoms with Crippen LogP contribution in [0.3, 0.4) is 0 Å². The van der Waals surface area contributed by atoms with E-state index in [0.29, 0.717) is 0 Å². The molecule has 1 atom stereocenters. The van der Waals surface area contributed by atoms with E-state index in [9.17, 15) is 14.4 Å². The number of Topliss-reactive ketones (excluding diaryl/α,β-unsaturated/α-hetero) is 1. The molecule has 7 heteroatoms. The van der Waals surface area contributed by atoms with E-state index >= 15 is 0 Å². The maximum Gasteiger partial charge on any atom is 0.376 e. The summed E-state index contributed by atoms with van der Waals surface area (Å²) in [6.45, 7) is 0. The number of esters is 1. The summed E-state index contributed by atoms with van der Waals surface area (Å²) in [5.74, 6) is -2.51. The van der Waals surface area contributed by atoms with Crippen molar-refractivity contribution < 1.29 is 28.2 Å². The SMILES string of the molecule is COC(=O)C(=O)C(C=O)S(C)(O)O. The lowest BCUT2D eigenvalue weighted by Crippen LogP contribution is -2.34. The molecule has 0 radical (unpaired) electrons.